The Morgan fingerprint density at radius 1 is 0.380 bits per heavy atom. The van der Waals surface area contributed by atoms with Gasteiger partial charge in [0.05, 0.1) is 10.0 Å². The van der Waals surface area contributed by atoms with Crippen molar-refractivity contribution in [2.45, 2.75) is 0 Å². The lowest BCUT2D eigenvalue weighted by Crippen LogP contribution is -1.94. The molecular formula is C41H21Cl2N3O4. The molecule has 9 heteroatoms. The van der Waals surface area contributed by atoms with E-state index in [0.717, 1.165) is 21.5 Å². The van der Waals surface area contributed by atoms with E-state index in [1.54, 1.807) is 60.7 Å². The fraction of sp³-hybridized carbons (Fsp3) is 0. The molecule has 0 aliphatic rings. The van der Waals surface area contributed by atoms with E-state index in [4.69, 9.17) is 42.1 Å². The predicted molar refractivity (Wildman–Crippen MR) is 192 cm³/mol. The van der Waals surface area contributed by atoms with Gasteiger partial charge in [-0.3, -0.25) is 0 Å². The molecule has 0 heterocycles. The maximum absolute atomic E-state index is 10.2. The molecule has 0 spiro atoms. The standard InChI is InChI=1S/C41H21Cl2N3O4/c42-35-6-2-9-38(32(35)22-44)47-28-15-13-25-14-16-29(21-27(25)20-28)48-40-11-4-12-41(34(40)24-46)49-30-17-18-31-26(19-30)5-1-8-37(31)50-39-10-3-7-36(43)33(39)23-45/h1-21H. The lowest BCUT2D eigenvalue weighted by molar-refractivity contribution is 0.458. The highest BCUT2D eigenvalue weighted by atomic mass is 35.5. The van der Waals surface area contributed by atoms with Crippen LogP contribution in [0.2, 0.25) is 10.0 Å². The van der Waals surface area contributed by atoms with Gasteiger partial charge in [-0.2, -0.15) is 15.8 Å². The summed E-state index contributed by atoms with van der Waals surface area (Å²) < 4.78 is 24.5. The van der Waals surface area contributed by atoms with Crippen LogP contribution in [-0.2, 0) is 0 Å². The second-order valence-corrected chi connectivity index (χ2v) is 11.7. The van der Waals surface area contributed by atoms with Crippen LogP contribution in [0.1, 0.15) is 16.7 Å². The Labute approximate surface area is 296 Å². The van der Waals surface area contributed by atoms with Crippen LogP contribution in [0.3, 0.4) is 0 Å². The summed E-state index contributed by atoms with van der Waals surface area (Å²) in [7, 11) is 0. The first kappa shape index (κ1) is 31.9. The van der Waals surface area contributed by atoms with Crippen molar-refractivity contribution in [1.82, 2.24) is 0 Å². The average molecular weight is 691 g/mol. The minimum atomic E-state index is 0.219. The predicted octanol–water partition coefficient (Wildman–Crippen LogP) is 12.1. The Morgan fingerprint density at radius 3 is 1.34 bits per heavy atom. The third-order valence-electron chi connectivity index (χ3n) is 7.77. The Morgan fingerprint density at radius 2 is 0.800 bits per heavy atom. The monoisotopic (exact) mass is 689 g/mol. The van der Waals surface area contributed by atoms with E-state index in [9.17, 15) is 15.8 Å². The number of rotatable bonds is 8. The Balaban J connectivity index is 1.13. The smallest absolute Gasteiger partial charge is 0.149 e. The largest absolute Gasteiger partial charge is 0.456 e. The number of halogens is 2. The van der Waals surface area contributed by atoms with Crippen molar-refractivity contribution >= 4 is 44.7 Å². The van der Waals surface area contributed by atoms with Crippen molar-refractivity contribution in [3.63, 3.8) is 0 Å². The first-order valence-electron chi connectivity index (χ1n) is 15.1. The first-order valence-corrected chi connectivity index (χ1v) is 15.9. The van der Waals surface area contributed by atoms with Crippen LogP contribution in [0.15, 0.2) is 127 Å². The van der Waals surface area contributed by atoms with Crippen molar-refractivity contribution in [3.8, 4) is 64.2 Å². The zero-order chi connectivity index (χ0) is 34.6. The van der Waals surface area contributed by atoms with Gasteiger partial charge in [-0.25, -0.2) is 0 Å². The first-order chi connectivity index (χ1) is 24.4. The number of ether oxygens (including phenoxy) is 4. The quantitative estimate of drug-likeness (QED) is 0.156. The van der Waals surface area contributed by atoms with Gasteiger partial charge in [-0.15, -0.1) is 0 Å². The summed E-state index contributed by atoms with van der Waals surface area (Å²) in [5.41, 5.74) is 0.726. The van der Waals surface area contributed by atoms with Crippen molar-refractivity contribution in [2.75, 3.05) is 0 Å². The van der Waals surface area contributed by atoms with E-state index in [2.05, 4.69) is 18.2 Å². The number of nitrogens with zero attached hydrogens (tertiary/aromatic N) is 3. The molecule has 0 aromatic heterocycles. The summed E-state index contributed by atoms with van der Waals surface area (Å²) in [5, 5.41) is 33.2. The third kappa shape index (κ3) is 6.41. The molecule has 0 bridgehead atoms. The van der Waals surface area contributed by atoms with Gasteiger partial charge in [0.1, 0.15) is 80.9 Å². The highest BCUT2D eigenvalue weighted by Gasteiger charge is 2.15. The molecule has 7 rings (SSSR count). The van der Waals surface area contributed by atoms with Gasteiger partial charge < -0.3 is 18.9 Å². The summed E-state index contributed by atoms with van der Waals surface area (Å²) in [6.45, 7) is 0. The molecule has 0 aliphatic carbocycles. The molecule has 0 unspecified atom stereocenters. The van der Waals surface area contributed by atoms with Crippen LogP contribution in [0.25, 0.3) is 21.5 Å². The highest BCUT2D eigenvalue weighted by Crippen LogP contribution is 2.39. The molecule has 50 heavy (non-hydrogen) atoms. The SMILES string of the molecule is N#Cc1c(Cl)cccc1Oc1ccc2ccc(Oc3cccc(Oc4ccc5c(Oc6cccc(Cl)c6C#N)cccc5c4)c3C#N)cc2c1. The van der Waals surface area contributed by atoms with E-state index in [0.29, 0.717) is 56.0 Å². The van der Waals surface area contributed by atoms with Crippen LogP contribution in [0.4, 0.5) is 0 Å². The van der Waals surface area contributed by atoms with E-state index < -0.39 is 0 Å². The summed E-state index contributed by atoms with van der Waals surface area (Å²) in [5.74, 6) is 3.42. The van der Waals surface area contributed by atoms with Gasteiger partial charge in [-0.1, -0.05) is 65.7 Å². The maximum atomic E-state index is 10.2. The molecule has 7 nitrogen and oxygen atoms in total. The molecule has 0 atom stereocenters. The second-order valence-electron chi connectivity index (χ2n) is 10.9. The van der Waals surface area contributed by atoms with Crippen molar-refractivity contribution in [1.29, 1.82) is 15.8 Å². The fourth-order valence-electron chi connectivity index (χ4n) is 5.40. The van der Waals surface area contributed by atoms with Gasteiger partial charge in [0, 0.05) is 5.39 Å². The van der Waals surface area contributed by atoms with Gasteiger partial charge in [-0.05, 0) is 101 Å². The summed E-state index contributed by atoms with van der Waals surface area (Å²) in [6, 6.07) is 43.8. The lowest BCUT2D eigenvalue weighted by atomic mass is 10.1. The van der Waals surface area contributed by atoms with Crippen molar-refractivity contribution in [2.24, 2.45) is 0 Å². The number of fused-ring (bicyclic) bond motifs is 2. The minimum absolute atomic E-state index is 0.219. The number of nitriles is 3. The molecule has 0 N–H and O–H groups in total. The van der Waals surface area contributed by atoms with E-state index >= 15 is 0 Å². The molecule has 0 amide bonds. The summed E-state index contributed by atoms with van der Waals surface area (Å²) in [4.78, 5) is 0. The molecule has 0 fully saturated rings. The van der Waals surface area contributed by atoms with E-state index in [-0.39, 0.29) is 16.7 Å². The van der Waals surface area contributed by atoms with Crippen LogP contribution in [0.5, 0.6) is 46.0 Å². The summed E-state index contributed by atoms with van der Waals surface area (Å²) in [6.07, 6.45) is 0. The molecule has 7 aromatic carbocycles. The van der Waals surface area contributed by atoms with Crippen LogP contribution in [0, 0.1) is 34.0 Å². The second kappa shape index (κ2) is 13.8. The van der Waals surface area contributed by atoms with E-state index in [1.165, 1.54) is 0 Å². The van der Waals surface area contributed by atoms with Gasteiger partial charge in [0.15, 0.2) is 0 Å². The molecule has 0 saturated carbocycles. The van der Waals surface area contributed by atoms with Gasteiger partial charge in [0.2, 0.25) is 0 Å². The van der Waals surface area contributed by atoms with E-state index in [1.807, 2.05) is 66.7 Å². The normalized spacial score (nSPS) is 10.5. The third-order valence-corrected chi connectivity index (χ3v) is 8.40. The zero-order valence-corrected chi connectivity index (χ0v) is 27.4. The van der Waals surface area contributed by atoms with Crippen LogP contribution < -0.4 is 18.9 Å². The highest BCUT2D eigenvalue weighted by molar-refractivity contribution is 6.32. The van der Waals surface area contributed by atoms with Crippen LogP contribution >= 0.6 is 23.2 Å². The lowest BCUT2D eigenvalue weighted by Gasteiger charge is -2.14. The Hall–Kier alpha value is -6.69. The maximum Gasteiger partial charge on any atom is 0.149 e. The van der Waals surface area contributed by atoms with Gasteiger partial charge >= 0.3 is 0 Å². The number of hydrogen-bond acceptors (Lipinski definition) is 7. The molecule has 0 saturated heterocycles. The van der Waals surface area contributed by atoms with Crippen LogP contribution in [-0.4, -0.2) is 0 Å². The van der Waals surface area contributed by atoms with Crippen molar-refractivity contribution < 1.29 is 18.9 Å². The topological polar surface area (TPSA) is 108 Å². The number of hydrogen-bond donors (Lipinski definition) is 0. The molecule has 0 aliphatic heterocycles. The minimum Gasteiger partial charge on any atom is -0.456 e. The Kier molecular flexibility index (Phi) is 8.81. The fourth-order valence-corrected chi connectivity index (χ4v) is 5.82. The summed E-state index contributed by atoms with van der Waals surface area (Å²) >= 11 is 12.4. The molecule has 0 radical (unpaired) electrons. The number of benzene rings is 7. The Bertz CT molecular complexity index is 2550. The average Bonchev–Trinajstić information content (AvgIpc) is 3.12. The molecule has 238 valence electrons. The molecular weight excluding hydrogens is 669 g/mol. The molecule has 7 aromatic rings. The van der Waals surface area contributed by atoms with Crippen molar-refractivity contribution in [3.05, 3.63) is 154 Å². The zero-order valence-electron chi connectivity index (χ0n) is 25.9. The van der Waals surface area contributed by atoms with Gasteiger partial charge in [0.25, 0.3) is 0 Å².